The summed E-state index contributed by atoms with van der Waals surface area (Å²) in [5.41, 5.74) is 0. The second-order valence-electron chi connectivity index (χ2n) is 2.29. The quantitative estimate of drug-likeness (QED) is 0.450. The number of rotatable bonds is 8. The molecule has 0 heterocycles. The fraction of sp³-hybridized carbons (Fsp3) is 1.00. The van der Waals surface area contributed by atoms with Gasteiger partial charge in [-0.1, -0.05) is 0 Å². The van der Waals surface area contributed by atoms with Crippen LogP contribution in [0.25, 0.3) is 0 Å². The van der Waals surface area contributed by atoms with E-state index in [0.717, 1.165) is 12.1 Å². The molecule has 0 unspecified atom stereocenters. The molecule has 77 valence electrons. The zero-order chi connectivity index (χ0) is 10.2. The predicted octanol–water partition coefficient (Wildman–Crippen LogP) is 0.318. The molecule has 0 saturated carbocycles. The first-order valence-electron chi connectivity index (χ1n) is 4.06. The molecule has 7 heteroatoms. The van der Waals surface area contributed by atoms with Crippen LogP contribution in [0.15, 0.2) is 0 Å². The molecule has 0 spiro atoms. The summed E-state index contributed by atoms with van der Waals surface area (Å²) in [6, 6.07) is 1.79. The molecule has 0 atom stereocenters. The maximum Gasteiger partial charge on any atom is 0.499 e. The minimum Gasteiger partial charge on any atom is -0.459 e. The lowest BCUT2D eigenvalue weighted by molar-refractivity contribution is 0.125. The molecular formula is C6H17O4Si3. The number of hydrogen-bond acceptors (Lipinski definition) is 4. The van der Waals surface area contributed by atoms with Gasteiger partial charge < -0.3 is 17.4 Å². The molecule has 4 nitrogen and oxygen atoms in total. The van der Waals surface area contributed by atoms with Gasteiger partial charge in [0.15, 0.2) is 9.76 Å². The molecule has 0 rings (SSSR count). The maximum absolute atomic E-state index is 5.33. The van der Waals surface area contributed by atoms with Crippen LogP contribution < -0.4 is 0 Å². The Morgan fingerprint density at radius 1 is 1.15 bits per heavy atom. The molecule has 0 aliphatic carbocycles. The fourth-order valence-electron chi connectivity index (χ4n) is 0.903. The molecule has 0 fully saturated rings. The molecule has 13 heavy (non-hydrogen) atoms. The normalized spacial score (nSPS) is 12.0. The van der Waals surface area contributed by atoms with Crippen LogP contribution in [0.1, 0.15) is 0 Å². The van der Waals surface area contributed by atoms with Crippen molar-refractivity contribution in [2.24, 2.45) is 0 Å². The Morgan fingerprint density at radius 3 is 2.08 bits per heavy atom. The summed E-state index contributed by atoms with van der Waals surface area (Å²) in [5, 5.41) is 0. The summed E-state index contributed by atoms with van der Waals surface area (Å²) in [4.78, 5) is 0. The van der Waals surface area contributed by atoms with Gasteiger partial charge in [0.2, 0.25) is 9.76 Å². The highest BCUT2D eigenvalue weighted by molar-refractivity contribution is 6.61. The lowest BCUT2D eigenvalue weighted by Gasteiger charge is -2.23. The second kappa shape index (κ2) is 7.85. The van der Waals surface area contributed by atoms with E-state index in [2.05, 4.69) is 6.55 Å². The van der Waals surface area contributed by atoms with Crippen molar-refractivity contribution in [2.75, 3.05) is 21.3 Å². The van der Waals surface area contributed by atoms with Gasteiger partial charge in [0, 0.05) is 27.4 Å². The average molecular weight is 237 g/mol. The van der Waals surface area contributed by atoms with Crippen molar-refractivity contribution in [3.05, 3.63) is 0 Å². The molecule has 0 aromatic heterocycles. The smallest absolute Gasteiger partial charge is 0.459 e. The minimum absolute atomic E-state index is 0.147. The first-order valence-corrected chi connectivity index (χ1v) is 8.73. The van der Waals surface area contributed by atoms with Crippen molar-refractivity contribution < 1.29 is 17.4 Å². The highest BCUT2D eigenvalue weighted by atomic mass is 28.4. The van der Waals surface area contributed by atoms with E-state index in [4.69, 9.17) is 17.4 Å². The Bertz CT molecular complexity index is 112. The van der Waals surface area contributed by atoms with E-state index < -0.39 is 8.80 Å². The summed E-state index contributed by atoms with van der Waals surface area (Å²) in [6.07, 6.45) is 0. The third-order valence-corrected chi connectivity index (χ3v) is 6.96. The van der Waals surface area contributed by atoms with Gasteiger partial charge in [0.05, 0.1) is 0 Å². The van der Waals surface area contributed by atoms with Gasteiger partial charge >= 0.3 is 8.80 Å². The van der Waals surface area contributed by atoms with Crippen LogP contribution in [0.2, 0.25) is 18.6 Å². The Balaban J connectivity index is 3.68. The molecule has 0 aromatic carbocycles. The zero-order valence-electron chi connectivity index (χ0n) is 8.62. The van der Waals surface area contributed by atoms with Crippen molar-refractivity contribution in [1.82, 2.24) is 0 Å². The highest BCUT2D eigenvalue weighted by Gasteiger charge is 2.36. The van der Waals surface area contributed by atoms with Crippen molar-refractivity contribution >= 4 is 28.3 Å². The molecule has 0 aliphatic rings. The molecule has 0 saturated heterocycles. The third-order valence-electron chi connectivity index (χ3n) is 1.67. The average Bonchev–Trinajstić information content (AvgIpc) is 2.20. The summed E-state index contributed by atoms with van der Waals surface area (Å²) in [7, 11) is 3.26. The van der Waals surface area contributed by atoms with Crippen LogP contribution in [0.3, 0.4) is 0 Å². The van der Waals surface area contributed by atoms with E-state index in [0.29, 0.717) is 9.76 Å². The van der Waals surface area contributed by atoms with E-state index in [9.17, 15) is 0 Å². The molecule has 0 aromatic rings. The number of hydrogen-bond donors (Lipinski definition) is 0. The van der Waals surface area contributed by atoms with Crippen LogP contribution in [0.5, 0.6) is 0 Å². The van der Waals surface area contributed by atoms with Crippen molar-refractivity contribution in [3.63, 3.8) is 0 Å². The van der Waals surface area contributed by atoms with Crippen LogP contribution in [0, 0.1) is 0 Å². The molecule has 0 N–H and O–H groups in total. The predicted molar refractivity (Wildman–Crippen MR) is 56.2 cm³/mol. The Labute approximate surface area is 86.2 Å². The monoisotopic (exact) mass is 237 g/mol. The van der Waals surface area contributed by atoms with Crippen molar-refractivity contribution in [3.8, 4) is 0 Å². The lowest BCUT2D eigenvalue weighted by atomic mass is 11.0. The van der Waals surface area contributed by atoms with E-state index in [-0.39, 0.29) is 9.76 Å². The van der Waals surface area contributed by atoms with E-state index >= 15 is 0 Å². The van der Waals surface area contributed by atoms with Crippen molar-refractivity contribution in [2.45, 2.75) is 18.6 Å². The van der Waals surface area contributed by atoms with Gasteiger partial charge in [0.25, 0.3) is 0 Å². The van der Waals surface area contributed by atoms with Gasteiger partial charge in [-0.25, -0.2) is 0 Å². The van der Waals surface area contributed by atoms with Gasteiger partial charge in [-0.15, -0.1) is 0 Å². The maximum atomic E-state index is 5.33. The van der Waals surface area contributed by atoms with Gasteiger partial charge in [0.1, 0.15) is 0 Å². The molecule has 0 bridgehead atoms. The summed E-state index contributed by atoms with van der Waals surface area (Å²) in [5.74, 6) is 0. The third kappa shape index (κ3) is 5.05. The van der Waals surface area contributed by atoms with Gasteiger partial charge in [-0.3, -0.25) is 0 Å². The largest absolute Gasteiger partial charge is 0.499 e. The first kappa shape index (κ1) is 13.5. The second-order valence-corrected chi connectivity index (χ2v) is 7.59. The topological polar surface area (TPSA) is 36.9 Å². The summed E-state index contributed by atoms with van der Waals surface area (Å²) < 4.78 is 21.1. The Morgan fingerprint density at radius 2 is 1.69 bits per heavy atom. The molecule has 3 radical (unpaired) electrons. The van der Waals surface area contributed by atoms with Crippen LogP contribution in [-0.2, 0) is 17.4 Å². The lowest BCUT2D eigenvalue weighted by Crippen LogP contribution is -2.42. The van der Waals surface area contributed by atoms with Crippen LogP contribution >= 0.6 is 0 Å². The molecular weight excluding hydrogens is 220 g/mol. The fourth-order valence-corrected chi connectivity index (χ4v) is 4.79. The van der Waals surface area contributed by atoms with Crippen molar-refractivity contribution in [1.29, 1.82) is 0 Å². The van der Waals surface area contributed by atoms with E-state index in [1.54, 1.807) is 21.3 Å². The first-order chi connectivity index (χ1) is 6.24. The van der Waals surface area contributed by atoms with Crippen LogP contribution in [0.4, 0.5) is 0 Å². The minimum atomic E-state index is -2.33. The Kier molecular flexibility index (Phi) is 8.15. The summed E-state index contributed by atoms with van der Waals surface area (Å²) >= 11 is 0. The highest BCUT2D eigenvalue weighted by Crippen LogP contribution is 2.14. The Hall–Kier alpha value is 0.491. The SMILES string of the molecule is CO[Si](CC[Si]O[SiH]C)(OC)OC. The van der Waals surface area contributed by atoms with Crippen LogP contribution in [-0.4, -0.2) is 49.7 Å². The zero-order valence-corrected chi connectivity index (χ0v) is 11.8. The van der Waals surface area contributed by atoms with E-state index in [1.165, 1.54) is 0 Å². The molecule has 0 amide bonds. The van der Waals surface area contributed by atoms with E-state index in [1.807, 2.05) is 0 Å². The van der Waals surface area contributed by atoms with Gasteiger partial charge in [-0.05, 0) is 12.6 Å². The summed E-state index contributed by atoms with van der Waals surface area (Å²) in [6.45, 7) is 2.07. The molecule has 0 aliphatic heterocycles. The van der Waals surface area contributed by atoms with Gasteiger partial charge in [-0.2, -0.15) is 0 Å². The standard InChI is InChI=1S/C6H17O4Si3/c1-7-13(8-2,9-3)6-5-12-10-11-4/h11H,5-6H2,1-4H3.